The number of carbonyl (C=O) groups excluding carboxylic acids is 1. The lowest BCUT2D eigenvalue weighted by atomic mass is 10.1. The molecule has 1 fully saturated rings. The van der Waals surface area contributed by atoms with E-state index in [2.05, 4.69) is 18.5 Å². The summed E-state index contributed by atoms with van der Waals surface area (Å²) < 4.78 is 13.4. The molecule has 2 rings (SSSR count). The smallest absolute Gasteiger partial charge is 0.241 e. The van der Waals surface area contributed by atoms with Gasteiger partial charge < -0.3 is 4.90 Å². The first kappa shape index (κ1) is 15.3. The molecule has 1 saturated heterocycles. The van der Waals surface area contributed by atoms with Crippen molar-refractivity contribution in [3.63, 3.8) is 0 Å². The fourth-order valence-electron chi connectivity index (χ4n) is 2.40. The highest BCUT2D eigenvalue weighted by atomic mass is 32.2. The third-order valence-electron chi connectivity index (χ3n) is 3.72. The third-order valence-corrected chi connectivity index (χ3v) is 4.76. The highest BCUT2D eigenvalue weighted by Gasteiger charge is 2.36. The summed E-state index contributed by atoms with van der Waals surface area (Å²) in [5.41, 5.74) is 0.805. The number of halogens is 1. The molecule has 20 heavy (non-hydrogen) atoms. The fourth-order valence-corrected chi connectivity index (χ4v) is 2.75. The van der Waals surface area contributed by atoms with Crippen LogP contribution in [0.5, 0.6) is 0 Å². The zero-order chi connectivity index (χ0) is 14.7. The van der Waals surface area contributed by atoms with Crippen LogP contribution < -0.4 is 5.32 Å². The molecule has 0 aromatic heterocycles. The Morgan fingerprint density at radius 2 is 2.25 bits per heavy atom. The van der Waals surface area contributed by atoms with E-state index >= 15 is 0 Å². The first-order chi connectivity index (χ1) is 9.52. The maximum absolute atomic E-state index is 13.4. The van der Waals surface area contributed by atoms with Gasteiger partial charge >= 0.3 is 0 Å². The van der Waals surface area contributed by atoms with Crippen LogP contribution in [-0.2, 0) is 4.79 Å². The van der Waals surface area contributed by atoms with Crippen molar-refractivity contribution in [3.8, 4) is 0 Å². The van der Waals surface area contributed by atoms with Crippen molar-refractivity contribution in [1.82, 2.24) is 10.2 Å². The highest BCUT2D eigenvalue weighted by Crippen LogP contribution is 2.26. The van der Waals surface area contributed by atoms with Crippen LogP contribution in [0, 0.1) is 5.82 Å². The average Bonchev–Trinajstić information content (AvgIpc) is 2.72. The van der Waals surface area contributed by atoms with Gasteiger partial charge in [0.15, 0.2) is 0 Å². The lowest BCUT2D eigenvalue weighted by Crippen LogP contribution is -2.32. The second kappa shape index (κ2) is 6.59. The van der Waals surface area contributed by atoms with Gasteiger partial charge in [0.05, 0.1) is 6.04 Å². The Morgan fingerprint density at radius 1 is 1.50 bits per heavy atom. The molecule has 1 heterocycles. The van der Waals surface area contributed by atoms with Crippen molar-refractivity contribution in [2.24, 2.45) is 0 Å². The third kappa shape index (κ3) is 3.33. The summed E-state index contributed by atoms with van der Waals surface area (Å²) in [6.07, 6.45) is 2.79. The molecule has 110 valence electrons. The van der Waals surface area contributed by atoms with Crippen LogP contribution >= 0.6 is 11.8 Å². The SMILES string of the molecule is CSC(C)CCN1C(=O)C(C)NC1c1cccc(F)c1. The monoisotopic (exact) mass is 296 g/mol. The number of carbonyl (C=O) groups is 1. The maximum atomic E-state index is 13.4. The van der Waals surface area contributed by atoms with E-state index in [0.717, 1.165) is 12.0 Å². The summed E-state index contributed by atoms with van der Waals surface area (Å²) in [5, 5.41) is 3.75. The second-order valence-corrected chi connectivity index (χ2v) is 6.49. The first-order valence-electron chi connectivity index (χ1n) is 6.87. The molecule has 0 radical (unpaired) electrons. The minimum absolute atomic E-state index is 0.0903. The molecule has 5 heteroatoms. The van der Waals surface area contributed by atoms with Gasteiger partial charge in [-0.05, 0) is 37.3 Å². The van der Waals surface area contributed by atoms with Gasteiger partial charge in [0.1, 0.15) is 12.0 Å². The van der Waals surface area contributed by atoms with E-state index in [0.29, 0.717) is 11.8 Å². The Hall–Kier alpha value is -1.07. The van der Waals surface area contributed by atoms with Crippen LogP contribution in [0.4, 0.5) is 4.39 Å². The van der Waals surface area contributed by atoms with E-state index in [4.69, 9.17) is 0 Å². The van der Waals surface area contributed by atoms with Crippen LogP contribution in [0.1, 0.15) is 32.0 Å². The van der Waals surface area contributed by atoms with Crippen LogP contribution in [0.2, 0.25) is 0 Å². The van der Waals surface area contributed by atoms with Crippen molar-refractivity contribution >= 4 is 17.7 Å². The van der Waals surface area contributed by atoms with Gasteiger partial charge in [-0.25, -0.2) is 4.39 Å². The first-order valence-corrected chi connectivity index (χ1v) is 8.16. The molecule has 1 aliphatic heterocycles. The summed E-state index contributed by atoms with van der Waals surface area (Å²) in [6.45, 7) is 4.70. The molecule has 3 atom stereocenters. The van der Waals surface area contributed by atoms with E-state index < -0.39 is 0 Å². The predicted octanol–water partition coefficient (Wildman–Crippen LogP) is 2.79. The lowest BCUT2D eigenvalue weighted by molar-refractivity contribution is -0.129. The van der Waals surface area contributed by atoms with E-state index in [1.54, 1.807) is 17.8 Å². The van der Waals surface area contributed by atoms with E-state index in [1.807, 2.05) is 17.9 Å². The molecule has 0 aliphatic carbocycles. The minimum Gasteiger partial charge on any atom is -0.322 e. The fraction of sp³-hybridized carbons (Fsp3) is 0.533. The molecule has 1 aliphatic rings. The molecule has 1 amide bonds. The Balaban J connectivity index is 2.15. The summed E-state index contributed by atoms with van der Waals surface area (Å²) in [4.78, 5) is 14.1. The summed E-state index contributed by atoms with van der Waals surface area (Å²) >= 11 is 1.79. The molecule has 0 saturated carbocycles. The van der Waals surface area contributed by atoms with Gasteiger partial charge in [-0.1, -0.05) is 19.1 Å². The summed E-state index contributed by atoms with van der Waals surface area (Å²) in [6, 6.07) is 6.24. The molecular formula is C15H21FN2OS. The van der Waals surface area contributed by atoms with Crippen molar-refractivity contribution < 1.29 is 9.18 Å². The quantitative estimate of drug-likeness (QED) is 0.907. The van der Waals surface area contributed by atoms with E-state index in [9.17, 15) is 9.18 Å². The van der Waals surface area contributed by atoms with Gasteiger partial charge in [-0.2, -0.15) is 11.8 Å². The number of amides is 1. The minimum atomic E-state index is -0.270. The van der Waals surface area contributed by atoms with Crippen molar-refractivity contribution in [3.05, 3.63) is 35.6 Å². The van der Waals surface area contributed by atoms with Gasteiger partial charge in [0, 0.05) is 11.8 Å². The molecule has 0 spiro atoms. The molecular weight excluding hydrogens is 275 g/mol. The number of thioether (sulfide) groups is 1. The molecule has 3 unspecified atom stereocenters. The van der Waals surface area contributed by atoms with Crippen LogP contribution in [0.3, 0.4) is 0 Å². The number of rotatable bonds is 5. The number of hydrogen-bond donors (Lipinski definition) is 1. The topological polar surface area (TPSA) is 32.3 Å². The number of benzene rings is 1. The summed E-state index contributed by atoms with van der Waals surface area (Å²) in [5.74, 6) is -0.179. The van der Waals surface area contributed by atoms with Gasteiger partial charge in [0.25, 0.3) is 0 Å². The molecule has 3 nitrogen and oxygen atoms in total. The largest absolute Gasteiger partial charge is 0.322 e. The predicted molar refractivity (Wildman–Crippen MR) is 81.0 cm³/mol. The van der Waals surface area contributed by atoms with Crippen LogP contribution in [-0.4, -0.2) is 34.9 Å². The molecule has 1 aromatic rings. The molecule has 1 N–H and O–H groups in total. The Bertz CT molecular complexity index is 483. The maximum Gasteiger partial charge on any atom is 0.241 e. The zero-order valence-electron chi connectivity index (χ0n) is 12.1. The number of nitrogens with zero attached hydrogens (tertiary/aromatic N) is 1. The number of nitrogens with one attached hydrogen (secondary N) is 1. The van der Waals surface area contributed by atoms with Crippen molar-refractivity contribution in [2.45, 2.75) is 37.7 Å². The van der Waals surface area contributed by atoms with Gasteiger partial charge in [-0.3, -0.25) is 10.1 Å². The van der Waals surface area contributed by atoms with E-state index in [1.165, 1.54) is 12.1 Å². The Morgan fingerprint density at radius 3 is 2.90 bits per heavy atom. The lowest BCUT2D eigenvalue weighted by Gasteiger charge is -2.25. The summed E-state index contributed by atoms with van der Waals surface area (Å²) in [7, 11) is 0. The second-order valence-electron chi connectivity index (χ2n) is 5.21. The molecule has 0 bridgehead atoms. The van der Waals surface area contributed by atoms with Crippen LogP contribution in [0.25, 0.3) is 0 Å². The molecule has 1 aromatic carbocycles. The van der Waals surface area contributed by atoms with Gasteiger partial charge in [0.2, 0.25) is 5.91 Å². The van der Waals surface area contributed by atoms with Gasteiger partial charge in [-0.15, -0.1) is 0 Å². The van der Waals surface area contributed by atoms with Crippen molar-refractivity contribution in [1.29, 1.82) is 0 Å². The normalized spacial score (nSPS) is 24.2. The van der Waals surface area contributed by atoms with Crippen LogP contribution in [0.15, 0.2) is 24.3 Å². The highest BCUT2D eigenvalue weighted by molar-refractivity contribution is 7.99. The number of hydrogen-bond acceptors (Lipinski definition) is 3. The van der Waals surface area contributed by atoms with E-state index in [-0.39, 0.29) is 23.9 Å². The standard InChI is InChI=1S/C15H21FN2OS/c1-10(20-3)7-8-18-14(17-11(2)15(18)19)12-5-4-6-13(16)9-12/h4-6,9-11,14,17H,7-8H2,1-3H3. The Kier molecular flexibility index (Phi) is 5.05. The zero-order valence-corrected chi connectivity index (χ0v) is 12.9. The van der Waals surface area contributed by atoms with Crippen molar-refractivity contribution in [2.75, 3.05) is 12.8 Å². The Labute approximate surface area is 123 Å². The average molecular weight is 296 g/mol.